The maximum Gasteiger partial charge on any atom is 0.0424 e. The number of nitrogens with zero attached hydrogens (tertiary/aromatic N) is 1. The van der Waals surface area contributed by atoms with E-state index in [4.69, 9.17) is 28.9 Å². The second kappa shape index (κ2) is 6.23. The Labute approximate surface area is 131 Å². The Kier molecular flexibility index (Phi) is 4.56. The summed E-state index contributed by atoms with van der Waals surface area (Å²) >= 11 is 12.4. The fourth-order valence-electron chi connectivity index (χ4n) is 3.54. The van der Waals surface area contributed by atoms with E-state index in [-0.39, 0.29) is 0 Å². The number of rotatable bonds is 3. The van der Waals surface area contributed by atoms with Crippen LogP contribution in [0.5, 0.6) is 0 Å². The van der Waals surface area contributed by atoms with E-state index in [1.165, 1.54) is 44.2 Å². The first-order valence-electron chi connectivity index (χ1n) is 7.61. The van der Waals surface area contributed by atoms with E-state index < -0.39 is 0 Å². The highest BCUT2D eigenvalue weighted by Crippen LogP contribution is 2.42. The first kappa shape index (κ1) is 14.6. The zero-order valence-electron chi connectivity index (χ0n) is 11.7. The molecule has 3 rings (SSSR count). The SMILES string of the molecule is NCC1CCCCN(C2CC2)C1c1cc(Cl)cc(Cl)c1. The Hall–Kier alpha value is -0.280. The Balaban J connectivity index is 1.97. The third kappa shape index (κ3) is 3.14. The minimum absolute atomic E-state index is 0.381. The minimum atomic E-state index is 0.381. The molecule has 2 fully saturated rings. The minimum Gasteiger partial charge on any atom is -0.330 e. The van der Waals surface area contributed by atoms with Crippen molar-refractivity contribution in [2.75, 3.05) is 13.1 Å². The number of likely N-dealkylation sites (tertiary alicyclic amines) is 1. The highest BCUT2D eigenvalue weighted by atomic mass is 35.5. The monoisotopic (exact) mass is 312 g/mol. The summed E-state index contributed by atoms with van der Waals surface area (Å²) in [6, 6.07) is 7.07. The van der Waals surface area contributed by atoms with Crippen molar-refractivity contribution in [3.8, 4) is 0 Å². The van der Waals surface area contributed by atoms with Gasteiger partial charge in [-0.05, 0) is 68.5 Å². The van der Waals surface area contributed by atoms with E-state index in [0.717, 1.165) is 22.6 Å². The molecule has 2 aliphatic rings. The molecule has 0 bridgehead atoms. The Bertz CT molecular complexity index is 453. The van der Waals surface area contributed by atoms with Gasteiger partial charge in [0.1, 0.15) is 0 Å². The molecule has 4 heteroatoms. The van der Waals surface area contributed by atoms with Crippen LogP contribution in [0.25, 0.3) is 0 Å². The standard InChI is InChI=1S/C16H22Cl2N2/c17-13-7-12(8-14(18)9-13)16-11(10-19)3-1-2-6-20(16)15-4-5-15/h7-9,11,15-16H,1-6,10,19H2. The van der Waals surface area contributed by atoms with Gasteiger partial charge >= 0.3 is 0 Å². The summed E-state index contributed by atoms with van der Waals surface area (Å²) in [6.07, 6.45) is 6.40. The van der Waals surface area contributed by atoms with Gasteiger partial charge in [-0.15, -0.1) is 0 Å². The fraction of sp³-hybridized carbons (Fsp3) is 0.625. The number of halogens is 2. The van der Waals surface area contributed by atoms with E-state index in [1.807, 2.05) is 6.07 Å². The van der Waals surface area contributed by atoms with Gasteiger partial charge in [0.2, 0.25) is 0 Å². The van der Waals surface area contributed by atoms with Gasteiger partial charge in [0.05, 0.1) is 0 Å². The lowest BCUT2D eigenvalue weighted by Crippen LogP contribution is -2.37. The number of benzene rings is 1. The lowest BCUT2D eigenvalue weighted by molar-refractivity contribution is 0.149. The van der Waals surface area contributed by atoms with E-state index >= 15 is 0 Å². The van der Waals surface area contributed by atoms with E-state index in [9.17, 15) is 0 Å². The number of nitrogens with two attached hydrogens (primary N) is 1. The molecule has 110 valence electrons. The summed E-state index contributed by atoms with van der Waals surface area (Å²) in [4.78, 5) is 2.66. The molecule has 0 amide bonds. The van der Waals surface area contributed by atoms with Crippen molar-refractivity contribution >= 4 is 23.2 Å². The molecule has 1 heterocycles. The molecule has 1 aromatic rings. The van der Waals surface area contributed by atoms with E-state index in [1.54, 1.807) is 0 Å². The average molecular weight is 313 g/mol. The van der Waals surface area contributed by atoms with Crippen molar-refractivity contribution in [1.82, 2.24) is 4.90 Å². The first-order valence-corrected chi connectivity index (χ1v) is 8.36. The Morgan fingerprint density at radius 1 is 1.05 bits per heavy atom. The van der Waals surface area contributed by atoms with E-state index in [2.05, 4.69) is 17.0 Å². The van der Waals surface area contributed by atoms with Crippen molar-refractivity contribution in [1.29, 1.82) is 0 Å². The van der Waals surface area contributed by atoms with Gasteiger partial charge < -0.3 is 5.73 Å². The summed E-state index contributed by atoms with van der Waals surface area (Å²) in [5.74, 6) is 0.507. The summed E-state index contributed by atoms with van der Waals surface area (Å²) < 4.78 is 0. The van der Waals surface area contributed by atoms with Gasteiger partial charge in [0.15, 0.2) is 0 Å². The normalized spacial score (nSPS) is 28.4. The second-order valence-electron chi connectivity index (χ2n) is 6.11. The molecule has 0 radical (unpaired) electrons. The van der Waals surface area contributed by atoms with Gasteiger partial charge in [0.25, 0.3) is 0 Å². The van der Waals surface area contributed by atoms with Crippen molar-refractivity contribution in [3.63, 3.8) is 0 Å². The first-order chi connectivity index (χ1) is 9.69. The van der Waals surface area contributed by atoms with Gasteiger partial charge in [-0.3, -0.25) is 4.90 Å². The quantitative estimate of drug-likeness (QED) is 0.903. The summed E-state index contributed by atoms with van der Waals surface area (Å²) in [5.41, 5.74) is 7.31. The molecule has 2 atom stereocenters. The van der Waals surface area contributed by atoms with Gasteiger partial charge in [-0.1, -0.05) is 29.6 Å². The van der Waals surface area contributed by atoms with Crippen LogP contribution in [0.4, 0.5) is 0 Å². The zero-order chi connectivity index (χ0) is 14.1. The van der Waals surface area contributed by atoms with Crippen LogP contribution < -0.4 is 5.73 Å². The van der Waals surface area contributed by atoms with Crippen LogP contribution in [0.15, 0.2) is 18.2 Å². The molecule has 1 saturated carbocycles. The topological polar surface area (TPSA) is 29.3 Å². The maximum absolute atomic E-state index is 6.21. The molecule has 2 unspecified atom stereocenters. The molecule has 0 aromatic heterocycles. The largest absolute Gasteiger partial charge is 0.330 e. The second-order valence-corrected chi connectivity index (χ2v) is 6.98. The molecule has 20 heavy (non-hydrogen) atoms. The van der Waals surface area contributed by atoms with Gasteiger partial charge in [-0.2, -0.15) is 0 Å². The van der Waals surface area contributed by atoms with Crippen LogP contribution in [-0.2, 0) is 0 Å². The fourth-order valence-corrected chi connectivity index (χ4v) is 4.08. The number of hydrogen-bond acceptors (Lipinski definition) is 2. The average Bonchev–Trinajstić information content (AvgIpc) is 3.23. The van der Waals surface area contributed by atoms with Crippen LogP contribution in [0.3, 0.4) is 0 Å². The summed E-state index contributed by atoms with van der Waals surface area (Å²) in [5, 5.41) is 1.45. The maximum atomic E-state index is 6.21. The summed E-state index contributed by atoms with van der Waals surface area (Å²) in [6.45, 7) is 1.91. The van der Waals surface area contributed by atoms with Crippen molar-refractivity contribution in [2.45, 2.75) is 44.2 Å². The lowest BCUT2D eigenvalue weighted by atomic mass is 9.89. The predicted molar refractivity (Wildman–Crippen MR) is 85.3 cm³/mol. The molecule has 1 aliphatic heterocycles. The van der Waals surface area contributed by atoms with Gasteiger partial charge in [-0.25, -0.2) is 0 Å². The van der Waals surface area contributed by atoms with Crippen LogP contribution in [0.1, 0.15) is 43.7 Å². The molecule has 1 aromatic carbocycles. The molecular weight excluding hydrogens is 291 g/mol. The Morgan fingerprint density at radius 3 is 2.35 bits per heavy atom. The van der Waals surface area contributed by atoms with Crippen molar-refractivity contribution in [2.24, 2.45) is 11.7 Å². The number of hydrogen-bond donors (Lipinski definition) is 1. The van der Waals surface area contributed by atoms with Gasteiger partial charge in [0, 0.05) is 22.1 Å². The third-order valence-corrected chi connectivity index (χ3v) is 5.03. The Morgan fingerprint density at radius 2 is 1.75 bits per heavy atom. The van der Waals surface area contributed by atoms with Crippen LogP contribution in [0.2, 0.25) is 10.0 Å². The predicted octanol–water partition coefficient (Wildman–Crippen LogP) is 4.26. The van der Waals surface area contributed by atoms with E-state index in [0.29, 0.717) is 12.0 Å². The van der Waals surface area contributed by atoms with Crippen molar-refractivity contribution in [3.05, 3.63) is 33.8 Å². The molecule has 0 spiro atoms. The molecule has 1 aliphatic carbocycles. The molecule has 2 N–H and O–H groups in total. The smallest absolute Gasteiger partial charge is 0.0424 e. The van der Waals surface area contributed by atoms with Crippen molar-refractivity contribution < 1.29 is 0 Å². The lowest BCUT2D eigenvalue weighted by Gasteiger charge is -2.35. The third-order valence-electron chi connectivity index (χ3n) is 4.59. The molecule has 1 saturated heterocycles. The summed E-state index contributed by atoms with van der Waals surface area (Å²) in [7, 11) is 0. The highest BCUT2D eigenvalue weighted by molar-refractivity contribution is 6.34. The van der Waals surface area contributed by atoms with Crippen LogP contribution >= 0.6 is 23.2 Å². The molecular formula is C16H22Cl2N2. The van der Waals surface area contributed by atoms with Crippen LogP contribution in [0, 0.1) is 5.92 Å². The highest BCUT2D eigenvalue weighted by Gasteiger charge is 2.38. The molecule has 2 nitrogen and oxygen atoms in total. The zero-order valence-corrected chi connectivity index (χ0v) is 13.2. The van der Waals surface area contributed by atoms with Crippen LogP contribution in [-0.4, -0.2) is 24.0 Å².